The Balaban J connectivity index is 0.000000595. The van der Waals surface area contributed by atoms with Crippen molar-refractivity contribution in [3.8, 4) is 0 Å². The third-order valence-corrected chi connectivity index (χ3v) is 4.62. The first kappa shape index (κ1) is 17.9. The number of hydrogen-bond acceptors (Lipinski definition) is 4. The van der Waals surface area contributed by atoms with Crippen LogP contribution in [0.5, 0.6) is 0 Å². The average Bonchev–Trinajstić information content (AvgIpc) is 3.06. The summed E-state index contributed by atoms with van der Waals surface area (Å²) in [5.74, 6) is -0.297. The van der Waals surface area contributed by atoms with Gasteiger partial charge < -0.3 is 16.0 Å². The summed E-state index contributed by atoms with van der Waals surface area (Å²) in [6.07, 6.45) is 6.58. The van der Waals surface area contributed by atoms with Gasteiger partial charge in [-0.15, -0.1) is 0 Å². The van der Waals surface area contributed by atoms with Crippen LogP contribution >= 0.6 is 0 Å². The maximum Gasteiger partial charge on any atom is 0.289 e. The van der Waals surface area contributed by atoms with Gasteiger partial charge in [-0.3, -0.25) is 14.4 Å². The summed E-state index contributed by atoms with van der Waals surface area (Å²) in [5.41, 5.74) is 0. The highest BCUT2D eigenvalue weighted by molar-refractivity contribution is 6.37. The zero-order valence-electron chi connectivity index (χ0n) is 14.2. The van der Waals surface area contributed by atoms with Gasteiger partial charge in [0.05, 0.1) is 12.6 Å². The third-order valence-electron chi connectivity index (χ3n) is 4.62. The molecule has 1 unspecified atom stereocenters. The molecule has 2 aliphatic carbocycles. The number of fused-ring (bicyclic) bond motifs is 1. The number of rotatable bonds is 5. The maximum absolute atomic E-state index is 12.1. The number of carbonyl (C=O) groups is 3. The van der Waals surface area contributed by atoms with Gasteiger partial charge in [0.25, 0.3) is 5.91 Å². The van der Waals surface area contributed by atoms with Crippen molar-refractivity contribution in [1.29, 1.82) is 0 Å². The van der Waals surface area contributed by atoms with E-state index in [4.69, 9.17) is 0 Å². The van der Waals surface area contributed by atoms with Crippen molar-refractivity contribution in [2.75, 3.05) is 13.1 Å². The summed E-state index contributed by atoms with van der Waals surface area (Å²) in [5, 5.41) is 8.46. The monoisotopic (exact) mass is 323 g/mol. The lowest BCUT2D eigenvalue weighted by atomic mass is 9.93. The molecule has 130 valence electrons. The molecule has 3 aliphatic rings. The highest BCUT2D eigenvalue weighted by Crippen LogP contribution is 2.37. The Kier molecular flexibility index (Phi) is 6.57. The van der Waals surface area contributed by atoms with Crippen LogP contribution in [0.4, 0.5) is 0 Å². The highest BCUT2D eigenvalue weighted by Gasteiger charge is 2.42. The van der Waals surface area contributed by atoms with Gasteiger partial charge in [0.15, 0.2) is 0 Å². The van der Waals surface area contributed by atoms with Crippen LogP contribution in [0.1, 0.15) is 52.4 Å². The number of ketones is 1. The van der Waals surface area contributed by atoms with E-state index in [1.807, 2.05) is 0 Å². The van der Waals surface area contributed by atoms with Crippen LogP contribution in [0.15, 0.2) is 0 Å². The Morgan fingerprint density at radius 2 is 1.78 bits per heavy atom. The van der Waals surface area contributed by atoms with Crippen LogP contribution in [0.25, 0.3) is 0 Å². The van der Waals surface area contributed by atoms with Crippen LogP contribution in [0.2, 0.25) is 0 Å². The molecular formula is C17H29N3O3. The molecule has 3 fully saturated rings. The quantitative estimate of drug-likeness (QED) is 0.652. The van der Waals surface area contributed by atoms with Gasteiger partial charge in [-0.25, -0.2) is 0 Å². The predicted octanol–water partition coefficient (Wildman–Crippen LogP) is 0.755. The molecule has 2 saturated carbocycles. The Labute approximate surface area is 138 Å². The second-order valence-corrected chi connectivity index (χ2v) is 6.84. The molecule has 1 heterocycles. The summed E-state index contributed by atoms with van der Waals surface area (Å²) in [7, 11) is 0. The van der Waals surface area contributed by atoms with Crippen LogP contribution in [0.3, 0.4) is 0 Å². The third kappa shape index (κ3) is 5.03. The molecule has 0 spiro atoms. The van der Waals surface area contributed by atoms with E-state index >= 15 is 0 Å². The second kappa shape index (κ2) is 8.43. The Morgan fingerprint density at radius 1 is 1.09 bits per heavy atom. The lowest BCUT2D eigenvalue weighted by molar-refractivity contribution is -0.138. The molecule has 0 aromatic rings. The number of Topliss-reactive ketones (excluding diaryl/α,β-unsaturated/α-hetero) is 1. The van der Waals surface area contributed by atoms with E-state index in [-0.39, 0.29) is 24.5 Å². The molecule has 6 nitrogen and oxygen atoms in total. The fourth-order valence-corrected chi connectivity index (χ4v) is 3.33. The van der Waals surface area contributed by atoms with Crippen LogP contribution < -0.4 is 16.0 Å². The minimum atomic E-state index is -0.578. The standard InChI is InChI=1S/C14H21N3O3.C3H8/c18-11(13(19)17-9-4-5-9)7-16-14(20)12-10-3-1-2-8(10)6-15-12;1-3-2/h8-10,12,15H,1-7H2,(H,16,20)(H,17,19);3H2,1-2H3/t8-,10-,12?;/m0./s1. The van der Waals surface area contributed by atoms with Crippen LogP contribution in [-0.2, 0) is 14.4 Å². The minimum Gasteiger partial charge on any atom is -0.347 e. The Hall–Kier alpha value is -1.43. The van der Waals surface area contributed by atoms with Gasteiger partial charge in [0.2, 0.25) is 11.7 Å². The van der Waals surface area contributed by atoms with Crippen LogP contribution in [0, 0.1) is 11.8 Å². The second-order valence-electron chi connectivity index (χ2n) is 6.84. The first-order valence-corrected chi connectivity index (χ1v) is 8.91. The summed E-state index contributed by atoms with van der Waals surface area (Å²) >= 11 is 0. The van der Waals surface area contributed by atoms with Gasteiger partial charge in [-0.05, 0) is 44.1 Å². The maximum atomic E-state index is 12.1. The number of amides is 2. The lowest BCUT2D eigenvalue weighted by Crippen LogP contribution is -2.47. The molecular weight excluding hydrogens is 294 g/mol. The fourth-order valence-electron chi connectivity index (χ4n) is 3.33. The summed E-state index contributed by atoms with van der Waals surface area (Å²) in [6.45, 7) is 4.94. The van der Waals surface area contributed by atoms with E-state index < -0.39 is 11.7 Å². The normalized spacial score (nSPS) is 28.3. The molecule has 0 aromatic heterocycles. The number of nitrogens with one attached hydrogen (secondary N) is 3. The molecule has 3 rings (SSSR count). The molecule has 1 aliphatic heterocycles. The van der Waals surface area contributed by atoms with E-state index in [9.17, 15) is 14.4 Å². The van der Waals surface area contributed by atoms with Gasteiger partial charge in [-0.1, -0.05) is 26.7 Å². The number of carbonyl (C=O) groups excluding carboxylic acids is 3. The largest absolute Gasteiger partial charge is 0.347 e. The van der Waals surface area contributed by atoms with E-state index in [2.05, 4.69) is 29.8 Å². The molecule has 2 amide bonds. The molecule has 0 aromatic carbocycles. The van der Waals surface area contributed by atoms with Crippen molar-refractivity contribution in [3.63, 3.8) is 0 Å². The zero-order chi connectivity index (χ0) is 16.8. The Bertz CT molecular complexity index is 448. The van der Waals surface area contributed by atoms with Crippen molar-refractivity contribution < 1.29 is 14.4 Å². The lowest BCUT2D eigenvalue weighted by Gasteiger charge is -2.17. The van der Waals surface area contributed by atoms with Crippen molar-refractivity contribution in [3.05, 3.63) is 0 Å². The van der Waals surface area contributed by atoms with E-state index in [0.29, 0.717) is 11.8 Å². The van der Waals surface area contributed by atoms with Crippen molar-refractivity contribution in [1.82, 2.24) is 16.0 Å². The van der Waals surface area contributed by atoms with Crippen LogP contribution in [-0.4, -0.2) is 42.8 Å². The first-order chi connectivity index (χ1) is 11.1. The molecule has 6 heteroatoms. The summed E-state index contributed by atoms with van der Waals surface area (Å²) < 4.78 is 0. The Morgan fingerprint density at radius 3 is 2.43 bits per heavy atom. The topological polar surface area (TPSA) is 87.3 Å². The van der Waals surface area contributed by atoms with Gasteiger partial charge in [0.1, 0.15) is 0 Å². The fraction of sp³-hybridized carbons (Fsp3) is 0.824. The summed E-state index contributed by atoms with van der Waals surface area (Å²) in [6, 6.07) is -0.0281. The molecule has 3 N–H and O–H groups in total. The van der Waals surface area contributed by atoms with Crippen molar-refractivity contribution in [2.24, 2.45) is 11.8 Å². The smallest absolute Gasteiger partial charge is 0.289 e. The van der Waals surface area contributed by atoms with Gasteiger partial charge in [-0.2, -0.15) is 0 Å². The number of hydrogen-bond donors (Lipinski definition) is 3. The predicted molar refractivity (Wildman–Crippen MR) is 87.8 cm³/mol. The highest BCUT2D eigenvalue weighted by atomic mass is 16.2. The molecule has 23 heavy (non-hydrogen) atoms. The minimum absolute atomic E-state index is 0.146. The molecule has 3 atom stereocenters. The SMILES string of the molecule is CCC.O=C(CNC(=O)C1NC[C@@H]2CCC[C@H]12)C(=O)NC1CC1. The van der Waals surface area contributed by atoms with Crippen molar-refractivity contribution in [2.45, 2.75) is 64.5 Å². The van der Waals surface area contributed by atoms with E-state index in [1.54, 1.807) is 0 Å². The molecule has 0 bridgehead atoms. The van der Waals surface area contributed by atoms with Gasteiger partial charge in [0, 0.05) is 6.04 Å². The molecule has 1 saturated heterocycles. The zero-order valence-corrected chi connectivity index (χ0v) is 14.2. The van der Waals surface area contributed by atoms with E-state index in [0.717, 1.165) is 25.8 Å². The van der Waals surface area contributed by atoms with E-state index in [1.165, 1.54) is 19.3 Å². The average molecular weight is 323 g/mol. The van der Waals surface area contributed by atoms with Crippen molar-refractivity contribution >= 4 is 17.6 Å². The molecule has 0 radical (unpaired) electrons. The summed E-state index contributed by atoms with van der Waals surface area (Å²) in [4.78, 5) is 35.2. The first-order valence-electron chi connectivity index (χ1n) is 8.91. The van der Waals surface area contributed by atoms with Gasteiger partial charge >= 0.3 is 0 Å².